The van der Waals surface area contributed by atoms with Gasteiger partial charge in [0.15, 0.2) is 0 Å². The molecule has 4 heteroatoms. The lowest BCUT2D eigenvalue weighted by molar-refractivity contribution is -0.140. The normalized spacial score (nSPS) is 9.22. The lowest BCUT2D eigenvalue weighted by Crippen LogP contribution is -1.96. The van der Waals surface area contributed by atoms with E-state index >= 15 is 0 Å². The zero-order valence-corrected chi connectivity index (χ0v) is 10.4. The van der Waals surface area contributed by atoms with Gasteiger partial charge >= 0.3 is 11.9 Å². The number of carbonyl (C=O) groups is 2. The standard InChI is InChI=1S/C14H14O4/c1-13(15)17-11-9-7-5-3-4-6-8-10-12-18-14(2)16/h7-10H,11-12H2,1-2H3/b9-7-,10-8-. The number of allylic oxidation sites excluding steroid dienone is 2. The van der Waals surface area contributed by atoms with Gasteiger partial charge in [-0.25, -0.2) is 0 Å². The molecule has 0 aromatic carbocycles. The Bertz CT molecular complexity index is 406. The van der Waals surface area contributed by atoms with E-state index in [1.54, 1.807) is 24.3 Å². The van der Waals surface area contributed by atoms with Crippen LogP contribution in [0.15, 0.2) is 24.3 Å². The van der Waals surface area contributed by atoms with Crippen LogP contribution in [0, 0.1) is 23.7 Å². The average Bonchev–Trinajstić information content (AvgIpc) is 2.29. The van der Waals surface area contributed by atoms with E-state index in [0.717, 1.165) is 0 Å². The fourth-order valence-electron chi connectivity index (χ4n) is 0.701. The molecule has 0 spiro atoms. The van der Waals surface area contributed by atoms with Crippen molar-refractivity contribution < 1.29 is 19.1 Å². The van der Waals surface area contributed by atoms with Crippen LogP contribution < -0.4 is 0 Å². The Labute approximate surface area is 107 Å². The van der Waals surface area contributed by atoms with Crippen LogP contribution in [-0.2, 0) is 19.1 Å². The van der Waals surface area contributed by atoms with Gasteiger partial charge in [-0.15, -0.1) is 0 Å². The van der Waals surface area contributed by atoms with Gasteiger partial charge in [0.2, 0.25) is 0 Å². The summed E-state index contributed by atoms with van der Waals surface area (Å²) in [5, 5.41) is 0. The van der Waals surface area contributed by atoms with E-state index in [1.807, 2.05) is 0 Å². The van der Waals surface area contributed by atoms with Crippen molar-refractivity contribution in [2.24, 2.45) is 0 Å². The molecule has 0 heterocycles. The Balaban J connectivity index is 3.76. The summed E-state index contributed by atoms with van der Waals surface area (Å²) < 4.78 is 9.30. The monoisotopic (exact) mass is 246 g/mol. The molecular formula is C14H14O4. The van der Waals surface area contributed by atoms with Gasteiger partial charge in [-0.2, -0.15) is 0 Å². The highest BCUT2D eigenvalue weighted by Gasteiger charge is 1.85. The lowest BCUT2D eigenvalue weighted by Gasteiger charge is -1.92. The van der Waals surface area contributed by atoms with Crippen LogP contribution in [0.25, 0.3) is 0 Å². The van der Waals surface area contributed by atoms with Gasteiger partial charge in [-0.1, -0.05) is 11.8 Å². The maximum Gasteiger partial charge on any atom is 0.302 e. The summed E-state index contributed by atoms with van der Waals surface area (Å²) >= 11 is 0. The molecule has 0 saturated carbocycles. The summed E-state index contributed by atoms with van der Waals surface area (Å²) in [6.07, 6.45) is 6.35. The van der Waals surface area contributed by atoms with Gasteiger partial charge in [-0.3, -0.25) is 9.59 Å². The quantitative estimate of drug-likeness (QED) is 0.553. The number of hydrogen-bond acceptors (Lipinski definition) is 4. The number of hydrogen-bond donors (Lipinski definition) is 0. The zero-order chi connectivity index (χ0) is 13.6. The molecule has 0 amide bonds. The van der Waals surface area contributed by atoms with E-state index in [2.05, 4.69) is 33.2 Å². The minimum Gasteiger partial charge on any atom is -0.462 e. The van der Waals surface area contributed by atoms with E-state index in [-0.39, 0.29) is 25.2 Å². The van der Waals surface area contributed by atoms with E-state index in [1.165, 1.54) is 13.8 Å². The van der Waals surface area contributed by atoms with E-state index in [9.17, 15) is 9.59 Å². The predicted octanol–water partition coefficient (Wildman–Crippen LogP) is 1.23. The van der Waals surface area contributed by atoms with Crippen molar-refractivity contribution in [3.63, 3.8) is 0 Å². The number of rotatable bonds is 4. The zero-order valence-electron chi connectivity index (χ0n) is 10.4. The van der Waals surface area contributed by atoms with E-state index in [0.29, 0.717) is 0 Å². The molecule has 0 bridgehead atoms. The van der Waals surface area contributed by atoms with Gasteiger partial charge in [-0.05, 0) is 36.1 Å². The van der Waals surface area contributed by atoms with Crippen molar-refractivity contribution in [3.05, 3.63) is 24.3 Å². The fourth-order valence-corrected chi connectivity index (χ4v) is 0.701. The third-order valence-electron chi connectivity index (χ3n) is 1.37. The summed E-state index contributed by atoms with van der Waals surface area (Å²) in [7, 11) is 0. The molecule has 4 nitrogen and oxygen atoms in total. The van der Waals surface area contributed by atoms with Crippen molar-refractivity contribution in [1.82, 2.24) is 0 Å². The molecule has 18 heavy (non-hydrogen) atoms. The van der Waals surface area contributed by atoms with Crippen LogP contribution >= 0.6 is 0 Å². The van der Waals surface area contributed by atoms with Gasteiger partial charge in [0.1, 0.15) is 13.2 Å². The molecule has 0 fully saturated rings. The summed E-state index contributed by atoms with van der Waals surface area (Å²) in [6, 6.07) is 0. The van der Waals surface area contributed by atoms with E-state index in [4.69, 9.17) is 0 Å². The smallest absolute Gasteiger partial charge is 0.302 e. The maximum absolute atomic E-state index is 10.4. The number of esters is 2. The largest absolute Gasteiger partial charge is 0.462 e. The molecule has 0 aromatic rings. The molecule has 0 saturated heterocycles. The third-order valence-corrected chi connectivity index (χ3v) is 1.37. The first-order chi connectivity index (χ1) is 8.63. The summed E-state index contributed by atoms with van der Waals surface area (Å²) in [5.74, 6) is 9.80. The molecule has 0 aliphatic rings. The molecule has 0 unspecified atom stereocenters. The maximum atomic E-state index is 10.4. The first kappa shape index (κ1) is 15.5. The Hall–Kier alpha value is -2.46. The number of carbonyl (C=O) groups excluding carboxylic acids is 2. The molecule has 0 aliphatic carbocycles. The van der Waals surface area contributed by atoms with Crippen LogP contribution in [0.4, 0.5) is 0 Å². The SMILES string of the molecule is CC(=O)OC/C=C\C#CC#C/C=C\COC(C)=O. The Kier molecular flexibility index (Phi) is 9.53. The molecule has 0 N–H and O–H groups in total. The van der Waals surface area contributed by atoms with Crippen molar-refractivity contribution >= 4 is 11.9 Å². The van der Waals surface area contributed by atoms with Crippen LogP contribution in [0.2, 0.25) is 0 Å². The second-order valence-electron chi connectivity index (χ2n) is 2.95. The molecule has 0 rings (SSSR count). The Morgan fingerprint density at radius 3 is 1.61 bits per heavy atom. The highest BCUT2D eigenvalue weighted by molar-refractivity contribution is 5.66. The molecule has 0 aromatic heterocycles. The van der Waals surface area contributed by atoms with Crippen molar-refractivity contribution in [3.8, 4) is 23.7 Å². The lowest BCUT2D eigenvalue weighted by atomic mass is 10.4. The summed E-state index contributed by atoms with van der Waals surface area (Å²) in [4.78, 5) is 20.8. The van der Waals surface area contributed by atoms with Crippen LogP contribution in [0.1, 0.15) is 13.8 Å². The predicted molar refractivity (Wildman–Crippen MR) is 67.1 cm³/mol. The topological polar surface area (TPSA) is 52.6 Å². The van der Waals surface area contributed by atoms with Gasteiger partial charge in [0, 0.05) is 13.8 Å². The molecule has 0 aliphatic heterocycles. The Morgan fingerprint density at radius 1 is 0.889 bits per heavy atom. The van der Waals surface area contributed by atoms with Crippen LogP contribution in [0.5, 0.6) is 0 Å². The first-order valence-corrected chi connectivity index (χ1v) is 5.20. The second kappa shape index (κ2) is 11.0. The van der Waals surface area contributed by atoms with Gasteiger partial charge < -0.3 is 9.47 Å². The molecule has 94 valence electrons. The van der Waals surface area contributed by atoms with Crippen molar-refractivity contribution in [1.29, 1.82) is 0 Å². The van der Waals surface area contributed by atoms with Crippen molar-refractivity contribution in [2.75, 3.05) is 13.2 Å². The number of ether oxygens (including phenoxy) is 2. The summed E-state index contributed by atoms with van der Waals surface area (Å²) in [6.45, 7) is 3.10. The van der Waals surface area contributed by atoms with Crippen molar-refractivity contribution in [2.45, 2.75) is 13.8 Å². The second-order valence-corrected chi connectivity index (χ2v) is 2.95. The third kappa shape index (κ3) is 13.5. The Morgan fingerprint density at radius 2 is 1.28 bits per heavy atom. The fraction of sp³-hybridized carbons (Fsp3) is 0.286. The molecule has 0 radical (unpaired) electrons. The van der Waals surface area contributed by atoms with E-state index < -0.39 is 0 Å². The molecule has 0 atom stereocenters. The van der Waals surface area contributed by atoms with Crippen LogP contribution in [0.3, 0.4) is 0 Å². The average molecular weight is 246 g/mol. The first-order valence-electron chi connectivity index (χ1n) is 5.20. The molecular weight excluding hydrogens is 232 g/mol. The van der Waals surface area contributed by atoms with Gasteiger partial charge in [0.05, 0.1) is 0 Å². The minimum atomic E-state index is -0.328. The minimum absolute atomic E-state index is 0.208. The van der Waals surface area contributed by atoms with Gasteiger partial charge in [0.25, 0.3) is 0 Å². The summed E-state index contributed by atoms with van der Waals surface area (Å²) in [5.41, 5.74) is 0. The van der Waals surface area contributed by atoms with Crippen LogP contribution in [-0.4, -0.2) is 25.2 Å². The highest BCUT2D eigenvalue weighted by atomic mass is 16.5. The highest BCUT2D eigenvalue weighted by Crippen LogP contribution is 1.78.